The van der Waals surface area contributed by atoms with Gasteiger partial charge in [0.2, 0.25) is 0 Å². The van der Waals surface area contributed by atoms with Crippen molar-refractivity contribution in [1.82, 2.24) is 0 Å². The van der Waals surface area contributed by atoms with E-state index in [-0.39, 0.29) is 5.56 Å². The van der Waals surface area contributed by atoms with E-state index in [1.54, 1.807) is 13.2 Å². The van der Waals surface area contributed by atoms with Gasteiger partial charge < -0.3 is 14.7 Å². The van der Waals surface area contributed by atoms with Crippen LogP contribution in [0.3, 0.4) is 0 Å². The maximum Gasteiger partial charge on any atom is 0.335 e. The van der Waals surface area contributed by atoms with Gasteiger partial charge in [0, 0.05) is 12.7 Å². The molecule has 0 atom stereocenters. The van der Waals surface area contributed by atoms with Crippen LogP contribution in [0, 0.1) is 11.3 Å². The highest BCUT2D eigenvalue weighted by Crippen LogP contribution is 2.28. The summed E-state index contributed by atoms with van der Waals surface area (Å²) >= 11 is 0. The highest BCUT2D eigenvalue weighted by molar-refractivity contribution is 5.89. The topological polar surface area (TPSA) is 73.6 Å². The van der Waals surface area contributed by atoms with Crippen molar-refractivity contribution in [2.24, 2.45) is 0 Å². The quantitative estimate of drug-likeness (QED) is 0.933. The fourth-order valence-corrected chi connectivity index (χ4v) is 2.00. The molecule has 2 rings (SSSR count). The molecule has 0 saturated carbocycles. The van der Waals surface area contributed by atoms with Gasteiger partial charge in [-0.25, -0.2) is 4.79 Å². The lowest BCUT2D eigenvalue weighted by Gasteiger charge is -2.21. The molecule has 0 saturated heterocycles. The summed E-state index contributed by atoms with van der Waals surface area (Å²) in [6.45, 7) is 0. The van der Waals surface area contributed by atoms with Crippen molar-refractivity contribution < 1.29 is 14.6 Å². The lowest BCUT2D eigenvalue weighted by atomic mass is 10.1. The third kappa shape index (κ3) is 2.95. The van der Waals surface area contributed by atoms with Gasteiger partial charge in [-0.1, -0.05) is 0 Å². The fraction of sp³-hybridized carbons (Fsp3) is 0.125. The van der Waals surface area contributed by atoms with Gasteiger partial charge in [-0.3, -0.25) is 0 Å². The summed E-state index contributed by atoms with van der Waals surface area (Å²) in [7, 11) is 3.41. The molecule has 0 aliphatic heterocycles. The Morgan fingerprint density at radius 2 is 1.90 bits per heavy atom. The van der Waals surface area contributed by atoms with Gasteiger partial charge in [0.1, 0.15) is 11.8 Å². The minimum atomic E-state index is -1.05. The number of nitrogens with zero attached hydrogens (tertiary/aromatic N) is 2. The SMILES string of the molecule is COc1ccc(N(C)c2ccc(C(=O)O)cc2C#N)cc1. The maximum atomic E-state index is 11.0. The summed E-state index contributed by atoms with van der Waals surface area (Å²) in [4.78, 5) is 12.8. The van der Waals surface area contributed by atoms with E-state index >= 15 is 0 Å². The Hall–Kier alpha value is -3.00. The number of methoxy groups -OCH3 is 1. The van der Waals surface area contributed by atoms with Crippen molar-refractivity contribution in [3.8, 4) is 11.8 Å². The van der Waals surface area contributed by atoms with E-state index in [9.17, 15) is 10.1 Å². The first-order chi connectivity index (χ1) is 10.1. The van der Waals surface area contributed by atoms with E-state index in [4.69, 9.17) is 9.84 Å². The monoisotopic (exact) mass is 282 g/mol. The molecular formula is C16H14N2O3. The largest absolute Gasteiger partial charge is 0.497 e. The smallest absolute Gasteiger partial charge is 0.335 e. The van der Waals surface area contributed by atoms with Crippen LogP contribution in [-0.2, 0) is 0 Å². The zero-order valence-corrected chi connectivity index (χ0v) is 11.7. The third-order valence-corrected chi connectivity index (χ3v) is 3.19. The van der Waals surface area contributed by atoms with E-state index in [0.29, 0.717) is 11.3 Å². The second kappa shape index (κ2) is 5.97. The molecule has 0 aromatic heterocycles. The molecule has 0 heterocycles. The van der Waals surface area contributed by atoms with Crippen molar-refractivity contribution in [1.29, 1.82) is 5.26 Å². The Bertz CT molecular complexity index is 702. The first-order valence-electron chi connectivity index (χ1n) is 6.22. The number of carboxylic acids is 1. The zero-order chi connectivity index (χ0) is 15.4. The minimum absolute atomic E-state index is 0.0958. The van der Waals surface area contributed by atoms with Gasteiger partial charge in [-0.2, -0.15) is 5.26 Å². The molecule has 0 bridgehead atoms. The van der Waals surface area contributed by atoms with Crippen LogP contribution >= 0.6 is 0 Å². The molecule has 2 aromatic carbocycles. The first kappa shape index (κ1) is 14.4. The molecule has 0 aliphatic carbocycles. The second-order valence-electron chi connectivity index (χ2n) is 4.41. The van der Waals surface area contributed by atoms with Crippen LogP contribution in [0.1, 0.15) is 15.9 Å². The molecule has 5 heteroatoms. The number of ether oxygens (including phenoxy) is 1. The van der Waals surface area contributed by atoms with Crippen LogP contribution in [-0.4, -0.2) is 25.2 Å². The molecule has 106 valence electrons. The van der Waals surface area contributed by atoms with Gasteiger partial charge >= 0.3 is 5.97 Å². The molecule has 0 spiro atoms. The highest BCUT2D eigenvalue weighted by atomic mass is 16.5. The summed E-state index contributed by atoms with van der Waals surface area (Å²) in [5.41, 5.74) is 1.93. The van der Waals surface area contributed by atoms with Crippen molar-refractivity contribution >= 4 is 17.3 Å². The van der Waals surface area contributed by atoms with Crippen molar-refractivity contribution in [2.45, 2.75) is 0 Å². The van der Waals surface area contributed by atoms with Gasteiger partial charge in [0.15, 0.2) is 0 Å². The van der Waals surface area contributed by atoms with E-state index in [1.807, 2.05) is 42.3 Å². The Morgan fingerprint density at radius 1 is 1.24 bits per heavy atom. The fourth-order valence-electron chi connectivity index (χ4n) is 2.00. The van der Waals surface area contributed by atoms with Gasteiger partial charge in [-0.15, -0.1) is 0 Å². The Kier molecular flexibility index (Phi) is 4.10. The maximum absolute atomic E-state index is 11.0. The summed E-state index contributed by atoms with van der Waals surface area (Å²) < 4.78 is 5.11. The molecular weight excluding hydrogens is 268 g/mol. The Balaban J connectivity index is 2.40. The Morgan fingerprint density at radius 3 is 2.43 bits per heavy atom. The molecule has 5 nitrogen and oxygen atoms in total. The molecule has 1 N–H and O–H groups in total. The lowest BCUT2D eigenvalue weighted by molar-refractivity contribution is 0.0697. The summed E-state index contributed by atoms with van der Waals surface area (Å²) in [5.74, 6) is -0.306. The van der Waals surface area contributed by atoms with Gasteiger partial charge in [0.05, 0.1) is 23.9 Å². The standard InChI is InChI=1S/C16H14N2O3/c1-18(13-4-6-14(21-2)7-5-13)15-8-3-11(16(19)20)9-12(15)10-17/h3-9H,1-2H3,(H,19,20). The molecule has 2 aromatic rings. The number of aromatic carboxylic acids is 1. The van der Waals surface area contributed by atoms with E-state index in [2.05, 4.69) is 0 Å². The normalized spacial score (nSPS) is 9.76. The predicted octanol–water partition coefficient (Wildman–Crippen LogP) is 3.03. The first-order valence-corrected chi connectivity index (χ1v) is 6.22. The third-order valence-electron chi connectivity index (χ3n) is 3.19. The minimum Gasteiger partial charge on any atom is -0.497 e. The summed E-state index contributed by atoms with van der Waals surface area (Å²) in [6.07, 6.45) is 0. The van der Waals surface area contributed by atoms with E-state index in [1.165, 1.54) is 12.1 Å². The van der Waals surface area contributed by atoms with Gasteiger partial charge in [0.25, 0.3) is 0 Å². The number of rotatable bonds is 4. The second-order valence-corrected chi connectivity index (χ2v) is 4.41. The lowest BCUT2D eigenvalue weighted by Crippen LogP contribution is -2.11. The van der Waals surface area contributed by atoms with Crippen LogP contribution in [0.5, 0.6) is 5.75 Å². The average Bonchev–Trinajstić information content (AvgIpc) is 2.53. The summed E-state index contributed by atoms with van der Waals surface area (Å²) in [5, 5.41) is 18.2. The average molecular weight is 282 g/mol. The number of nitriles is 1. The molecule has 0 radical (unpaired) electrons. The van der Waals surface area contributed by atoms with Gasteiger partial charge in [-0.05, 0) is 42.5 Å². The number of benzene rings is 2. The van der Waals surface area contributed by atoms with Crippen molar-refractivity contribution in [3.63, 3.8) is 0 Å². The summed E-state index contributed by atoms with van der Waals surface area (Å²) in [6, 6.07) is 13.9. The highest BCUT2D eigenvalue weighted by Gasteiger charge is 2.12. The van der Waals surface area contributed by atoms with Crippen molar-refractivity contribution in [2.75, 3.05) is 19.1 Å². The molecule has 0 aliphatic rings. The van der Waals surface area contributed by atoms with Crippen LogP contribution < -0.4 is 9.64 Å². The number of anilines is 2. The van der Waals surface area contributed by atoms with Crippen LogP contribution in [0.2, 0.25) is 0 Å². The predicted molar refractivity (Wildman–Crippen MR) is 79.2 cm³/mol. The zero-order valence-electron chi connectivity index (χ0n) is 11.7. The van der Waals surface area contributed by atoms with E-state index in [0.717, 1.165) is 11.4 Å². The van der Waals surface area contributed by atoms with Crippen molar-refractivity contribution in [3.05, 3.63) is 53.6 Å². The van der Waals surface area contributed by atoms with Crippen LogP contribution in [0.4, 0.5) is 11.4 Å². The Labute approximate surface area is 122 Å². The molecule has 21 heavy (non-hydrogen) atoms. The van der Waals surface area contributed by atoms with Crippen LogP contribution in [0.25, 0.3) is 0 Å². The van der Waals surface area contributed by atoms with Crippen LogP contribution in [0.15, 0.2) is 42.5 Å². The number of carboxylic acid groups (broad SMARTS) is 1. The molecule has 0 amide bonds. The number of hydrogen-bond donors (Lipinski definition) is 1. The number of carbonyl (C=O) groups is 1. The number of hydrogen-bond acceptors (Lipinski definition) is 4. The van der Waals surface area contributed by atoms with E-state index < -0.39 is 5.97 Å². The molecule has 0 fully saturated rings. The molecule has 0 unspecified atom stereocenters.